The lowest BCUT2D eigenvalue weighted by Crippen LogP contribution is -2.41. The van der Waals surface area contributed by atoms with Gasteiger partial charge in [0.05, 0.1) is 11.5 Å². The number of nitrogens with two attached hydrogens (primary N) is 1. The van der Waals surface area contributed by atoms with Crippen molar-refractivity contribution in [2.45, 2.75) is 32.7 Å². The maximum Gasteiger partial charge on any atom is 0.225 e. The van der Waals surface area contributed by atoms with E-state index in [2.05, 4.69) is 10.3 Å². The highest BCUT2D eigenvalue weighted by atomic mass is 16.2. The third-order valence-electron chi connectivity index (χ3n) is 3.99. The van der Waals surface area contributed by atoms with Gasteiger partial charge in [-0.15, -0.1) is 0 Å². The van der Waals surface area contributed by atoms with Crippen LogP contribution in [0.1, 0.15) is 25.8 Å². The molecule has 0 saturated carbocycles. The third kappa shape index (κ3) is 3.36. The molecule has 0 radical (unpaired) electrons. The third-order valence-corrected chi connectivity index (χ3v) is 3.99. The van der Waals surface area contributed by atoms with E-state index in [0.29, 0.717) is 6.42 Å². The SMILES string of the molecule is CNC(=O)C(C)(C)CC(=O)[C@H](N)Cc1c[nH]c2ccccc12. The fourth-order valence-corrected chi connectivity index (χ4v) is 2.64. The summed E-state index contributed by atoms with van der Waals surface area (Å²) in [5.41, 5.74) is 7.36. The molecule has 0 aliphatic carbocycles. The Kier molecular flexibility index (Phi) is 4.66. The summed E-state index contributed by atoms with van der Waals surface area (Å²) in [6.45, 7) is 3.50. The number of carbonyl (C=O) groups excluding carboxylic acids is 2. The van der Waals surface area contributed by atoms with Gasteiger partial charge in [-0.1, -0.05) is 32.0 Å². The van der Waals surface area contributed by atoms with Gasteiger partial charge in [0.1, 0.15) is 0 Å². The van der Waals surface area contributed by atoms with Gasteiger partial charge in [0.15, 0.2) is 5.78 Å². The van der Waals surface area contributed by atoms with Crippen LogP contribution in [0.15, 0.2) is 30.5 Å². The van der Waals surface area contributed by atoms with E-state index in [9.17, 15) is 9.59 Å². The first-order valence-electron chi connectivity index (χ1n) is 7.40. The number of nitrogens with one attached hydrogen (secondary N) is 2. The number of carbonyl (C=O) groups is 2. The Morgan fingerprint density at radius 2 is 2.00 bits per heavy atom. The normalized spacial score (nSPS) is 13.1. The molecule has 2 aromatic rings. The number of ketones is 1. The molecule has 1 heterocycles. The molecule has 2 rings (SSSR count). The van der Waals surface area contributed by atoms with Crippen molar-refractivity contribution in [3.63, 3.8) is 0 Å². The Balaban J connectivity index is 2.07. The second kappa shape index (κ2) is 6.32. The van der Waals surface area contributed by atoms with Gasteiger partial charge in [0.25, 0.3) is 0 Å². The monoisotopic (exact) mass is 301 g/mol. The number of Topliss-reactive ketones (excluding diaryl/α,β-unsaturated/α-hetero) is 1. The molecule has 4 N–H and O–H groups in total. The molecular formula is C17H23N3O2. The van der Waals surface area contributed by atoms with Gasteiger partial charge in [0.2, 0.25) is 5.91 Å². The van der Waals surface area contributed by atoms with E-state index in [1.54, 1.807) is 20.9 Å². The van der Waals surface area contributed by atoms with Gasteiger partial charge in [-0.05, 0) is 18.1 Å². The van der Waals surface area contributed by atoms with Crippen molar-refractivity contribution >= 4 is 22.6 Å². The molecule has 0 spiro atoms. The number of fused-ring (bicyclic) bond motifs is 1. The number of para-hydroxylation sites is 1. The molecule has 118 valence electrons. The highest BCUT2D eigenvalue weighted by Crippen LogP contribution is 2.23. The number of rotatable bonds is 6. The number of hydrogen-bond donors (Lipinski definition) is 3. The summed E-state index contributed by atoms with van der Waals surface area (Å²) in [7, 11) is 1.57. The average molecular weight is 301 g/mol. The lowest BCUT2D eigenvalue weighted by atomic mass is 9.84. The Bertz CT molecular complexity index is 688. The van der Waals surface area contributed by atoms with Crippen LogP contribution in [0.4, 0.5) is 0 Å². The van der Waals surface area contributed by atoms with Crippen molar-refractivity contribution in [3.05, 3.63) is 36.0 Å². The summed E-state index contributed by atoms with van der Waals surface area (Å²) in [6, 6.07) is 7.30. The molecule has 0 saturated heterocycles. The zero-order chi connectivity index (χ0) is 16.3. The Labute approximate surface area is 130 Å². The Morgan fingerprint density at radius 1 is 1.32 bits per heavy atom. The predicted octanol–water partition coefficient (Wildman–Crippen LogP) is 1.77. The van der Waals surface area contributed by atoms with Gasteiger partial charge < -0.3 is 16.0 Å². The predicted molar refractivity (Wildman–Crippen MR) is 87.4 cm³/mol. The van der Waals surface area contributed by atoms with Crippen LogP contribution in [-0.2, 0) is 16.0 Å². The molecule has 0 unspecified atom stereocenters. The largest absolute Gasteiger partial charge is 0.361 e. The first-order chi connectivity index (χ1) is 10.3. The lowest BCUT2D eigenvalue weighted by molar-refractivity contribution is -0.134. The van der Waals surface area contributed by atoms with Crippen LogP contribution in [0.3, 0.4) is 0 Å². The summed E-state index contributed by atoms with van der Waals surface area (Å²) in [5.74, 6) is -0.251. The zero-order valence-electron chi connectivity index (χ0n) is 13.3. The number of amides is 1. The van der Waals surface area contributed by atoms with Crippen molar-refractivity contribution < 1.29 is 9.59 Å². The van der Waals surface area contributed by atoms with E-state index in [1.807, 2.05) is 30.5 Å². The summed E-state index contributed by atoms with van der Waals surface area (Å²) >= 11 is 0. The fraction of sp³-hybridized carbons (Fsp3) is 0.412. The van der Waals surface area contributed by atoms with Crippen LogP contribution in [-0.4, -0.2) is 29.8 Å². The fourth-order valence-electron chi connectivity index (χ4n) is 2.64. The van der Waals surface area contributed by atoms with Crippen molar-refractivity contribution in [1.29, 1.82) is 0 Å². The van der Waals surface area contributed by atoms with Crippen LogP contribution in [0, 0.1) is 5.41 Å². The summed E-state index contributed by atoms with van der Waals surface area (Å²) < 4.78 is 0. The van der Waals surface area contributed by atoms with E-state index in [4.69, 9.17) is 5.73 Å². The van der Waals surface area contributed by atoms with Crippen LogP contribution in [0.25, 0.3) is 10.9 Å². The minimum absolute atomic E-state index is 0.0983. The molecule has 1 atom stereocenters. The van der Waals surface area contributed by atoms with Gasteiger partial charge in [-0.25, -0.2) is 0 Å². The van der Waals surface area contributed by atoms with Gasteiger partial charge >= 0.3 is 0 Å². The second-order valence-electron chi connectivity index (χ2n) is 6.28. The number of aromatic amines is 1. The van der Waals surface area contributed by atoms with Gasteiger partial charge in [-0.3, -0.25) is 9.59 Å². The molecular weight excluding hydrogens is 278 g/mol. The molecule has 0 aliphatic heterocycles. The molecule has 22 heavy (non-hydrogen) atoms. The lowest BCUT2D eigenvalue weighted by Gasteiger charge is -2.23. The van der Waals surface area contributed by atoms with Crippen molar-refractivity contribution in [3.8, 4) is 0 Å². The van der Waals surface area contributed by atoms with Crippen LogP contribution < -0.4 is 11.1 Å². The van der Waals surface area contributed by atoms with Crippen LogP contribution in [0.2, 0.25) is 0 Å². The van der Waals surface area contributed by atoms with E-state index >= 15 is 0 Å². The molecule has 1 aromatic heterocycles. The first-order valence-corrected chi connectivity index (χ1v) is 7.40. The van der Waals surface area contributed by atoms with Crippen molar-refractivity contribution in [2.24, 2.45) is 11.1 Å². The number of aromatic nitrogens is 1. The number of H-pyrrole nitrogens is 1. The molecule has 1 aromatic carbocycles. The molecule has 1 amide bonds. The average Bonchev–Trinajstić information content (AvgIpc) is 2.89. The summed E-state index contributed by atoms with van der Waals surface area (Å²) in [5, 5.41) is 3.66. The Hall–Kier alpha value is -2.14. The van der Waals surface area contributed by atoms with Crippen LogP contribution >= 0.6 is 0 Å². The summed E-state index contributed by atoms with van der Waals surface area (Å²) in [6.07, 6.45) is 2.49. The van der Waals surface area contributed by atoms with Gasteiger partial charge in [-0.2, -0.15) is 0 Å². The van der Waals surface area contributed by atoms with E-state index < -0.39 is 11.5 Å². The van der Waals surface area contributed by atoms with E-state index in [0.717, 1.165) is 16.5 Å². The molecule has 0 aliphatic rings. The highest BCUT2D eigenvalue weighted by molar-refractivity contribution is 5.92. The maximum atomic E-state index is 12.3. The molecule has 0 bridgehead atoms. The van der Waals surface area contributed by atoms with Gasteiger partial charge in [0, 0.05) is 30.6 Å². The molecule has 5 nitrogen and oxygen atoms in total. The topological polar surface area (TPSA) is 88.0 Å². The summed E-state index contributed by atoms with van der Waals surface area (Å²) in [4.78, 5) is 27.3. The van der Waals surface area contributed by atoms with E-state index in [-0.39, 0.29) is 18.1 Å². The minimum atomic E-state index is -0.746. The van der Waals surface area contributed by atoms with E-state index in [1.165, 1.54) is 0 Å². The standard InChI is InChI=1S/C17H23N3O2/c1-17(2,16(22)19-3)9-15(21)13(18)8-11-10-20-14-7-5-4-6-12(11)14/h4-7,10,13,20H,8-9,18H2,1-3H3,(H,19,22)/t13-/m1/s1. The van der Waals surface area contributed by atoms with Crippen molar-refractivity contribution in [1.82, 2.24) is 10.3 Å². The minimum Gasteiger partial charge on any atom is -0.361 e. The number of hydrogen-bond acceptors (Lipinski definition) is 3. The molecule has 5 heteroatoms. The van der Waals surface area contributed by atoms with Crippen molar-refractivity contribution in [2.75, 3.05) is 7.05 Å². The smallest absolute Gasteiger partial charge is 0.225 e. The zero-order valence-corrected chi connectivity index (χ0v) is 13.3. The maximum absolute atomic E-state index is 12.3. The van der Waals surface area contributed by atoms with Crippen LogP contribution in [0.5, 0.6) is 0 Å². The quantitative estimate of drug-likeness (QED) is 0.760. The molecule has 0 fully saturated rings. The second-order valence-corrected chi connectivity index (χ2v) is 6.28. The highest BCUT2D eigenvalue weighted by Gasteiger charge is 2.31. The first kappa shape index (κ1) is 16.2. The Morgan fingerprint density at radius 3 is 2.68 bits per heavy atom. The number of benzene rings is 1.